The minimum absolute atomic E-state index is 0.0387. The standard InChI is InChI=1S/C32H30ClN3O3/c33-25-10-6-21(7-11-25)28-15-12-26(36(37)38)18-24(28)20-39-27-13-8-23(9-14-27)32-31(22-4-2-1-3-5-22)29-16-17-34-19-30(29)35-32/h6-19,22,31-32,35H,1-5,20H2. The smallest absolute Gasteiger partial charge is 0.269 e. The Kier molecular flexibility index (Phi) is 7.20. The van der Waals surface area contributed by atoms with E-state index in [9.17, 15) is 10.1 Å². The first-order valence-electron chi connectivity index (χ1n) is 13.5. The van der Waals surface area contributed by atoms with Gasteiger partial charge in [-0.05, 0) is 77.4 Å². The van der Waals surface area contributed by atoms with Crippen LogP contribution in [0.5, 0.6) is 5.75 Å². The molecule has 1 fully saturated rings. The van der Waals surface area contributed by atoms with Crippen molar-refractivity contribution in [3.63, 3.8) is 0 Å². The molecular formula is C32H30ClN3O3. The number of rotatable bonds is 7. The van der Waals surface area contributed by atoms with Gasteiger partial charge in [0, 0.05) is 34.8 Å². The number of halogens is 1. The number of nitro groups is 1. The van der Waals surface area contributed by atoms with Crippen molar-refractivity contribution >= 4 is 23.0 Å². The number of benzene rings is 3. The average Bonchev–Trinajstić information content (AvgIpc) is 3.37. The fourth-order valence-corrected chi connectivity index (χ4v) is 6.35. The zero-order valence-corrected chi connectivity index (χ0v) is 22.3. The number of anilines is 1. The van der Waals surface area contributed by atoms with Crippen molar-refractivity contribution in [1.29, 1.82) is 0 Å². The summed E-state index contributed by atoms with van der Waals surface area (Å²) in [6, 6.07) is 23.0. The number of hydrogen-bond acceptors (Lipinski definition) is 5. The first-order chi connectivity index (χ1) is 19.1. The lowest BCUT2D eigenvalue weighted by atomic mass is 9.73. The molecular weight excluding hydrogens is 510 g/mol. The van der Waals surface area contributed by atoms with E-state index in [2.05, 4.69) is 28.5 Å². The molecule has 1 aliphatic heterocycles. The number of aromatic nitrogens is 1. The van der Waals surface area contributed by atoms with Crippen LogP contribution in [-0.2, 0) is 6.61 Å². The van der Waals surface area contributed by atoms with Crippen LogP contribution >= 0.6 is 11.6 Å². The summed E-state index contributed by atoms with van der Waals surface area (Å²) in [4.78, 5) is 15.4. The van der Waals surface area contributed by atoms with E-state index in [0.29, 0.717) is 16.9 Å². The monoisotopic (exact) mass is 539 g/mol. The van der Waals surface area contributed by atoms with Crippen LogP contribution < -0.4 is 10.1 Å². The molecule has 198 valence electrons. The number of ether oxygens (including phenoxy) is 1. The maximum Gasteiger partial charge on any atom is 0.269 e. The molecule has 4 aromatic rings. The maximum atomic E-state index is 11.4. The molecule has 7 heteroatoms. The summed E-state index contributed by atoms with van der Waals surface area (Å²) in [6.07, 6.45) is 10.3. The second-order valence-electron chi connectivity index (χ2n) is 10.5. The Bertz CT molecular complexity index is 1470. The Balaban J connectivity index is 1.22. The molecule has 3 aromatic carbocycles. The topological polar surface area (TPSA) is 77.3 Å². The van der Waals surface area contributed by atoms with E-state index in [4.69, 9.17) is 16.3 Å². The quantitative estimate of drug-likeness (QED) is 0.188. The number of hydrogen-bond donors (Lipinski definition) is 1. The summed E-state index contributed by atoms with van der Waals surface area (Å²) in [7, 11) is 0. The largest absolute Gasteiger partial charge is 0.489 e. The highest BCUT2D eigenvalue weighted by molar-refractivity contribution is 6.30. The first kappa shape index (κ1) is 25.4. The van der Waals surface area contributed by atoms with Gasteiger partial charge in [0.15, 0.2) is 0 Å². The molecule has 2 unspecified atom stereocenters. The molecule has 6 nitrogen and oxygen atoms in total. The van der Waals surface area contributed by atoms with Crippen LogP contribution in [0.25, 0.3) is 11.1 Å². The summed E-state index contributed by atoms with van der Waals surface area (Å²) in [6.45, 7) is 0.211. The SMILES string of the molecule is O=[N+]([O-])c1ccc(-c2ccc(Cl)cc2)c(COc2ccc(C3Nc4cnccc4C3C3CCCCC3)cc2)c1. The maximum absolute atomic E-state index is 11.4. The van der Waals surface area contributed by atoms with Gasteiger partial charge in [0.05, 0.1) is 22.8 Å². The molecule has 2 heterocycles. The van der Waals surface area contributed by atoms with Gasteiger partial charge < -0.3 is 10.1 Å². The second-order valence-corrected chi connectivity index (χ2v) is 10.9. The molecule has 0 bridgehead atoms. The zero-order chi connectivity index (χ0) is 26.8. The van der Waals surface area contributed by atoms with Crippen LogP contribution in [0.1, 0.15) is 60.8 Å². The molecule has 1 saturated carbocycles. The van der Waals surface area contributed by atoms with Crippen molar-refractivity contribution in [3.05, 3.63) is 117 Å². The Morgan fingerprint density at radius 3 is 2.49 bits per heavy atom. The van der Waals surface area contributed by atoms with E-state index in [1.807, 2.05) is 48.8 Å². The van der Waals surface area contributed by atoms with E-state index in [0.717, 1.165) is 28.1 Å². The summed E-state index contributed by atoms with van der Waals surface area (Å²) in [5, 5.41) is 15.8. The van der Waals surface area contributed by atoms with Crippen LogP contribution in [0, 0.1) is 16.0 Å². The summed E-state index contributed by atoms with van der Waals surface area (Å²) < 4.78 is 6.16. The van der Waals surface area contributed by atoms with Gasteiger partial charge in [0.1, 0.15) is 12.4 Å². The van der Waals surface area contributed by atoms with Crippen LogP contribution in [0.15, 0.2) is 85.2 Å². The Hall–Kier alpha value is -3.90. The molecule has 0 radical (unpaired) electrons. The number of fused-ring (bicyclic) bond motifs is 1. The van der Waals surface area contributed by atoms with Crippen molar-refractivity contribution < 1.29 is 9.66 Å². The molecule has 1 aliphatic carbocycles. The number of non-ortho nitro benzene ring substituents is 1. The van der Waals surface area contributed by atoms with Gasteiger partial charge >= 0.3 is 0 Å². The molecule has 2 aliphatic rings. The number of nitrogens with one attached hydrogen (secondary N) is 1. The van der Waals surface area contributed by atoms with Gasteiger partial charge in [-0.3, -0.25) is 15.1 Å². The van der Waals surface area contributed by atoms with Crippen molar-refractivity contribution in [2.75, 3.05) is 5.32 Å². The fourth-order valence-electron chi connectivity index (χ4n) is 6.22. The van der Waals surface area contributed by atoms with Crippen LogP contribution in [0.3, 0.4) is 0 Å². The van der Waals surface area contributed by atoms with E-state index in [1.165, 1.54) is 49.3 Å². The molecule has 6 rings (SSSR count). The highest BCUT2D eigenvalue weighted by Gasteiger charge is 2.38. The number of nitrogens with zero attached hydrogens (tertiary/aromatic N) is 2. The lowest BCUT2D eigenvalue weighted by Crippen LogP contribution is -2.21. The van der Waals surface area contributed by atoms with Crippen molar-refractivity contribution in [3.8, 4) is 16.9 Å². The molecule has 0 amide bonds. The van der Waals surface area contributed by atoms with Gasteiger partial charge in [-0.25, -0.2) is 0 Å². The third kappa shape index (κ3) is 5.34. The van der Waals surface area contributed by atoms with Crippen LogP contribution in [0.2, 0.25) is 5.02 Å². The number of pyridine rings is 1. The third-order valence-corrected chi connectivity index (χ3v) is 8.38. The van der Waals surface area contributed by atoms with Crippen molar-refractivity contribution in [1.82, 2.24) is 4.98 Å². The highest BCUT2D eigenvalue weighted by Crippen LogP contribution is 2.51. The average molecular weight is 540 g/mol. The Morgan fingerprint density at radius 2 is 1.74 bits per heavy atom. The van der Waals surface area contributed by atoms with Crippen molar-refractivity contribution in [2.45, 2.75) is 50.7 Å². The molecule has 2 atom stereocenters. The van der Waals surface area contributed by atoms with Crippen LogP contribution in [0.4, 0.5) is 11.4 Å². The summed E-state index contributed by atoms with van der Waals surface area (Å²) in [5.41, 5.74) is 6.34. The van der Waals surface area contributed by atoms with Crippen LogP contribution in [-0.4, -0.2) is 9.91 Å². The third-order valence-electron chi connectivity index (χ3n) is 8.13. The zero-order valence-electron chi connectivity index (χ0n) is 21.6. The van der Waals surface area contributed by atoms with Gasteiger partial charge in [-0.15, -0.1) is 0 Å². The first-order valence-corrected chi connectivity index (χ1v) is 13.9. The van der Waals surface area contributed by atoms with E-state index in [-0.39, 0.29) is 23.3 Å². The van der Waals surface area contributed by atoms with Gasteiger partial charge in [0.25, 0.3) is 5.69 Å². The fraction of sp³-hybridized carbons (Fsp3) is 0.281. The number of nitro benzene ring substituents is 1. The minimum atomic E-state index is -0.380. The summed E-state index contributed by atoms with van der Waals surface area (Å²) in [5.74, 6) is 1.82. The second kappa shape index (κ2) is 11.1. The molecule has 0 saturated heterocycles. The lowest BCUT2D eigenvalue weighted by Gasteiger charge is -2.32. The molecule has 1 N–H and O–H groups in total. The Morgan fingerprint density at radius 1 is 0.974 bits per heavy atom. The predicted molar refractivity (Wildman–Crippen MR) is 154 cm³/mol. The minimum Gasteiger partial charge on any atom is -0.489 e. The van der Waals surface area contributed by atoms with E-state index >= 15 is 0 Å². The predicted octanol–water partition coefficient (Wildman–Crippen LogP) is 8.72. The van der Waals surface area contributed by atoms with Gasteiger partial charge in [-0.2, -0.15) is 0 Å². The Labute approximate surface area is 233 Å². The summed E-state index contributed by atoms with van der Waals surface area (Å²) >= 11 is 6.06. The highest BCUT2D eigenvalue weighted by atomic mass is 35.5. The van der Waals surface area contributed by atoms with E-state index in [1.54, 1.807) is 12.1 Å². The van der Waals surface area contributed by atoms with Gasteiger partial charge in [0.2, 0.25) is 0 Å². The van der Waals surface area contributed by atoms with Gasteiger partial charge in [-0.1, -0.05) is 55.1 Å². The van der Waals surface area contributed by atoms with E-state index < -0.39 is 0 Å². The molecule has 0 spiro atoms. The molecule has 39 heavy (non-hydrogen) atoms. The lowest BCUT2D eigenvalue weighted by molar-refractivity contribution is -0.384. The normalized spacial score (nSPS) is 18.8. The van der Waals surface area contributed by atoms with Crippen molar-refractivity contribution in [2.24, 2.45) is 5.92 Å². The molecule has 1 aromatic heterocycles.